The van der Waals surface area contributed by atoms with Gasteiger partial charge in [-0.05, 0) is 31.6 Å². The van der Waals surface area contributed by atoms with Crippen LogP contribution in [0.5, 0.6) is 0 Å². The highest BCUT2D eigenvalue weighted by Gasteiger charge is 2.38. The Balaban J connectivity index is 0.000000396. The maximum atomic E-state index is 5.36. The largest absolute Gasteiger partial charge is 0.381 e. The van der Waals surface area contributed by atoms with Crippen LogP contribution in [0.15, 0.2) is 0 Å². The van der Waals surface area contributed by atoms with Gasteiger partial charge in [0.25, 0.3) is 0 Å². The molecule has 2 fully saturated rings. The van der Waals surface area contributed by atoms with Crippen molar-refractivity contribution in [3.05, 3.63) is 0 Å². The average molecular weight is 185 g/mol. The molecule has 2 aliphatic rings. The molecule has 0 saturated carbocycles. The highest BCUT2D eigenvalue weighted by molar-refractivity contribution is 4.93. The zero-order chi connectivity index (χ0) is 9.73. The highest BCUT2D eigenvalue weighted by Crippen LogP contribution is 2.38. The van der Waals surface area contributed by atoms with Gasteiger partial charge in [0, 0.05) is 25.8 Å². The summed E-state index contributed by atoms with van der Waals surface area (Å²) in [4.78, 5) is 0. The Morgan fingerprint density at radius 2 is 1.85 bits per heavy atom. The molecule has 1 unspecified atom stereocenters. The minimum Gasteiger partial charge on any atom is -0.381 e. The van der Waals surface area contributed by atoms with Crippen molar-refractivity contribution in [2.24, 2.45) is 5.41 Å². The molecule has 0 radical (unpaired) electrons. The van der Waals surface area contributed by atoms with Crippen LogP contribution in [0.4, 0.5) is 0 Å². The first kappa shape index (κ1) is 11.0. The number of hydrogen-bond donors (Lipinski definition) is 1. The molecule has 1 atom stereocenters. The third kappa shape index (κ3) is 2.68. The lowest BCUT2D eigenvalue weighted by atomic mass is 9.78. The summed E-state index contributed by atoms with van der Waals surface area (Å²) in [6.45, 7) is 9.46. The lowest BCUT2D eigenvalue weighted by molar-refractivity contribution is 0.0236. The van der Waals surface area contributed by atoms with E-state index < -0.39 is 0 Å². The first-order chi connectivity index (χ1) is 6.31. The Bertz CT molecular complexity index is 136. The van der Waals surface area contributed by atoms with Crippen LogP contribution in [0.25, 0.3) is 0 Å². The summed E-state index contributed by atoms with van der Waals surface area (Å²) in [5.41, 5.74) is 0.609. The molecule has 0 aromatic rings. The van der Waals surface area contributed by atoms with Crippen molar-refractivity contribution in [2.75, 3.05) is 19.8 Å². The van der Waals surface area contributed by atoms with Gasteiger partial charge in [0.15, 0.2) is 0 Å². The van der Waals surface area contributed by atoms with Crippen LogP contribution in [0.2, 0.25) is 0 Å². The van der Waals surface area contributed by atoms with Crippen molar-refractivity contribution in [3.63, 3.8) is 0 Å². The fourth-order valence-electron chi connectivity index (χ4n) is 2.37. The SMILES string of the molecule is CC.CC1CC2(CCOCC2)CN1. The Hall–Kier alpha value is -0.0800. The van der Waals surface area contributed by atoms with Crippen molar-refractivity contribution in [2.45, 2.75) is 46.1 Å². The van der Waals surface area contributed by atoms with Gasteiger partial charge in [0.05, 0.1) is 0 Å². The lowest BCUT2D eigenvalue weighted by Crippen LogP contribution is -2.31. The van der Waals surface area contributed by atoms with Gasteiger partial charge in [0.2, 0.25) is 0 Å². The van der Waals surface area contributed by atoms with Crippen molar-refractivity contribution in [1.82, 2.24) is 5.32 Å². The van der Waals surface area contributed by atoms with Crippen LogP contribution in [0.3, 0.4) is 0 Å². The molecule has 0 aromatic carbocycles. The first-order valence-corrected chi connectivity index (χ1v) is 5.62. The molecular weight excluding hydrogens is 162 g/mol. The quantitative estimate of drug-likeness (QED) is 0.624. The minimum atomic E-state index is 0.609. The molecule has 78 valence electrons. The molecule has 2 nitrogen and oxygen atoms in total. The van der Waals surface area contributed by atoms with Gasteiger partial charge in [-0.1, -0.05) is 13.8 Å². The van der Waals surface area contributed by atoms with Crippen molar-refractivity contribution >= 4 is 0 Å². The lowest BCUT2D eigenvalue weighted by Gasteiger charge is -2.32. The second-order valence-electron chi connectivity index (χ2n) is 4.10. The molecular formula is C11H23NO. The summed E-state index contributed by atoms with van der Waals surface area (Å²) in [5, 5.41) is 3.52. The van der Waals surface area contributed by atoms with E-state index >= 15 is 0 Å². The number of rotatable bonds is 0. The molecule has 2 heterocycles. The van der Waals surface area contributed by atoms with Crippen LogP contribution < -0.4 is 5.32 Å². The normalized spacial score (nSPS) is 31.2. The van der Waals surface area contributed by atoms with E-state index in [1.165, 1.54) is 25.8 Å². The molecule has 0 aromatic heterocycles. The topological polar surface area (TPSA) is 21.3 Å². The van der Waals surface area contributed by atoms with Gasteiger partial charge < -0.3 is 10.1 Å². The van der Waals surface area contributed by atoms with E-state index in [2.05, 4.69) is 12.2 Å². The Labute approximate surface area is 82.0 Å². The maximum Gasteiger partial charge on any atom is 0.0471 e. The molecule has 0 aliphatic carbocycles. The summed E-state index contributed by atoms with van der Waals surface area (Å²) in [6.07, 6.45) is 3.89. The molecule has 1 N–H and O–H groups in total. The fraction of sp³-hybridized carbons (Fsp3) is 1.00. The van der Waals surface area contributed by atoms with Crippen molar-refractivity contribution in [1.29, 1.82) is 0 Å². The maximum absolute atomic E-state index is 5.36. The monoisotopic (exact) mass is 185 g/mol. The summed E-state index contributed by atoms with van der Waals surface area (Å²) >= 11 is 0. The van der Waals surface area contributed by atoms with E-state index in [-0.39, 0.29) is 0 Å². The van der Waals surface area contributed by atoms with Gasteiger partial charge in [-0.25, -0.2) is 0 Å². The average Bonchev–Trinajstić information content (AvgIpc) is 2.52. The van der Waals surface area contributed by atoms with Crippen molar-refractivity contribution < 1.29 is 4.74 Å². The number of hydrogen-bond acceptors (Lipinski definition) is 2. The van der Waals surface area contributed by atoms with Gasteiger partial charge >= 0.3 is 0 Å². The molecule has 0 amide bonds. The summed E-state index contributed by atoms with van der Waals surface area (Å²) in [7, 11) is 0. The predicted molar refractivity (Wildman–Crippen MR) is 55.9 cm³/mol. The smallest absolute Gasteiger partial charge is 0.0471 e. The highest BCUT2D eigenvalue weighted by atomic mass is 16.5. The van der Waals surface area contributed by atoms with E-state index in [0.717, 1.165) is 19.3 Å². The van der Waals surface area contributed by atoms with Crippen LogP contribution in [-0.4, -0.2) is 25.8 Å². The fourth-order valence-corrected chi connectivity index (χ4v) is 2.37. The molecule has 0 bridgehead atoms. The third-order valence-corrected chi connectivity index (χ3v) is 3.12. The number of ether oxygens (including phenoxy) is 1. The third-order valence-electron chi connectivity index (χ3n) is 3.12. The van der Waals surface area contributed by atoms with E-state index in [0.29, 0.717) is 5.41 Å². The summed E-state index contributed by atoms with van der Waals surface area (Å²) < 4.78 is 5.36. The second kappa shape index (κ2) is 4.97. The predicted octanol–water partition coefficient (Wildman–Crippen LogP) is 2.19. The van der Waals surface area contributed by atoms with E-state index in [9.17, 15) is 0 Å². The standard InChI is InChI=1S/C9H17NO.C2H6/c1-8-6-9(7-10-8)2-4-11-5-3-9;1-2/h8,10H,2-7H2,1H3;1-2H3. The van der Waals surface area contributed by atoms with Gasteiger partial charge in [-0.2, -0.15) is 0 Å². The van der Waals surface area contributed by atoms with Gasteiger partial charge in [0.1, 0.15) is 0 Å². The first-order valence-electron chi connectivity index (χ1n) is 5.62. The molecule has 2 saturated heterocycles. The van der Waals surface area contributed by atoms with E-state index in [1.807, 2.05) is 13.8 Å². The van der Waals surface area contributed by atoms with Crippen molar-refractivity contribution in [3.8, 4) is 0 Å². The summed E-state index contributed by atoms with van der Waals surface area (Å²) in [6, 6.07) is 0.730. The van der Waals surface area contributed by atoms with Crippen LogP contribution >= 0.6 is 0 Å². The number of nitrogens with one attached hydrogen (secondary N) is 1. The Kier molecular flexibility index (Phi) is 4.20. The second-order valence-corrected chi connectivity index (χ2v) is 4.10. The molecule has 13 heavy (non-hydrogen) atoms. The van der Waals surface area contributed by atoms with E-state index in [1.54, 1.807) is 0 Å². The molecule has 2 heteroatoms. The van der Waals surface area contributed by atoms with E-state index in [4.69, 9.17) is 4.74 Å². The minimum absolute atomic E-state index is 0.609. The zero-order valence-electron chi connectivity index (χ0n) is 9.23. The molecule has 1 spiro atoms. The summed E-state index contributed by atoms with van der Waals surface area (Å²) in [5.74, 6) is 0. The Morgan fingerprint density at radius 3 is 2.31 bits per heavy atom. The van der Waals surface area contributed by atoms with Crippen LogP contribution in [0.1, 0.15) is 40.0 Å². The Morgan fingerprint density at radius 1 is 1.23 bits per heavy atom. The van der Waals surface area contributed by atoms with Crippen LogP contribution in [0, 0.1) is 5.41 Å². The van der Waals surface area contributed by atoms with Gasteiger partial charge in [-0.15, -0.1) is 0 Å². The molecule has 2 aliphatic heterocycles. The molecule has 2 rings (SSSR count). The van der Waals surface area contributed by atoms with Gasteiger partial charge in [-0.3, -0.25) is 0 Å². The zero-order valence-corrected chi connectivity index (χ0v) is 9.23. The van der Waals surface area contributed by atoms with Crippen LogP contribution in [-0.2, 0) is 4.74 Å².